The zero-order valence-corrected chi connectivity index (χ0v) is 27.4. The van der Waals surface area contributed by atoms with Crippen LogP contribution in [-0.4, -0.2) is 41.2 Å². The molecule has 0 radical (unpaired) electrons. The number of rotatable bonds is 8. The molecule has 2 bridgehead atoms. The number of hydrogen-bond donors (Lipinski definition) is 2. The molecule has 3 aromatic carbocycles. The number of ether oxygens (including phenoxy) is 2. The minimum absolute atomic E-state index is 0.0000424. The van der Waals surface area contributed by atoms with Crippen LogP contribution in [0.5, 0.6) is 11.5 Å². The fraction of sp³-hybridized carbons (Fsp3) is 0.333. The van der Waals surface area contributed by atoms with E-state index in [0.29, 0.717) is 29.5 Å². The average Bonchev–Trinajstić information content (AvgIpc) is 3.80. The standard InChI is InChI=1S/C36H33N3O6S2/c1-3-44-25-15-19(11-14-24(25)45-17-26(40)37-20-12-9-18(2)10-13-20)27-28-22-16-23(31(28)46-33-32(27)47-36(43)38-33)30-29(22)34(41)39(35(30)42)21-7-5-4-6-8-21/h4-15,22-23,27-31H,3,16-17H2,1-2H3,(H,37,40)(H,38,43)/t22-,23-,27-,28?,29?,30?,31?/m1/s1. The Hall–Kier alpha value is -4.35. The van der Waals surface area contributed by atoms with E-state index in [1.807, 2.05) is 86.6 Å². The number of para-hydroxylation sites is 1. The number of hydrogen-bond acceptors (Lipinski definition) is 8. The van der Waals surface area contributed by atoms with E-state index in [1.165, 1.54) is 16.2 Å². The minimum atomic E-state index is -0.379. The number of thiazole rings is 1. The summed E-state index contributed by atoms with van der Waals surface area (Å²) in [6.07, 6.45) is 0.809. The summed E-state index contributed by atoms with van der Waals surface area (Å²) in [6.45, 7) is 4.08. The van der Waals surface area contributed by atoms with Gasteiger partial charge in [0.15, 0.2) is 18.1 Å². The molecule has 2 saturated carbocycles. The maximum Gasteiger partial charge on any atom is 0.305 e. The summed E-state index contributed by atoms with van der Waals surface area (Å²) < 4.78 is 12.0. The maximum absolute atomic E-state index is 14.0. The molecule has 3 amide bonds. The molecule has 2 aliphatic carbocycles. The zero-order valence-electron chi connectivity index (χ0n) is 25.8. The fourth-order valence-corrected chi connectivity index (χ4v) is 11.2. The molecular formula is C36H33N3O6S2. The Morgan fingerprint density at radius 1 is 0.936 bits per heavy atom. The minimum Gasteiger partial charge on any atom is -0.490 e. The topological polar surface area (TPSA) is 118 Å². The van der Waals surface area contributed by atoms with E-state index < -0.39 is 0 Å². The predicted molar refractivity (Wildman–Crippen MR) is 180 cm³/mol. The Morgan fingerprint density at radius 2 is 1.68 bits per heavy atom. The summed E-state index contributed by atoms with van der Waals surface area (Å²) in [7, 11) is 0. The second-order valence-corrected chi connectivity index (χ2v) is 14.9. The number of thioether (sulfide) groups is 1. The number of aromatic nitrogens is 1. The Morgan fingerprint density at radius 3 is 2.43 bits per heavy atom. The first-order chi connectivity index (χ1) is 22.8. The van der Waals surface area contributed by atoms with Crippen molar-refractivity contribution in [2.24, 2.45) is 29.6 Å². The first-order valence-electron chi connectivity index (χ1n) is 15.9. The number of benzene rings is 3. The van der Waals surface area contributed by atoms with E-state index >= 15 is 0 Å². The van der Waals surface area contributed by atoms with E-state index in [-0.39, 0.29) is 70.0 Å². The molecule has 3 heterocycles. The van der Waals surface area contributed by atoms with Crippen molar-refractivity contribution in [3.8, 4) is 11.5 Å². The molecule has 4 unspecified atom stereocenters. The van der Waals surface area contributed by atoms with E-state index in [4.69, 9.17) is 9.47 Å². The highest BCUT2D eigenvalue weighted by atomic mass is 32.2. The molecule has 8 rings (SSSR count). The first-order valence-corrected chi connectivity index (χ1v) is 17.6. The van der Waals surface area contributed by atoms with Gasteiger partial charge < -0.3 is 19.8 Å². The average molecular weight is 668 g/mol. The van der Waals surface area contributed by atoms with Crippen molar-refractivity contribution < 1.29 is 23.9 Å². The molecule has 1 saturated heterocycles. The van der Waals surface area contributed by atoms with Gasteiger partial charge in [-0.25, -0.2) is 0 Å². The molecule has 9 nitrogen and oxygen atoms in total. The third-order valence-electron chi connectivity index (χ3n) is 10.1. The van der Waals surface area contributed by atoms with Crippen LogP contribution in [0.1, 0.15) is 35.3 Å². The van der Waals surface area contributed by atoms with Crippen molar-refractivity contribution in [3.05, 3.63) is 98.5 Å². The van der Waals surface area contributed by atoms with Crippen molar-refractivity contribution in [2.75, 3.05) is 23.4 Å². The number of anilines is 2. The molecule has 240 valence electrons. The summed E-state index contributed by atoms with van der Waals surface area (Å²) in [4.78, 5) is 58.5. The fourth-order valence-electron chi connectivity index (χ4n) is 8.30. The lowest BCUT2D eigenvalue weighted by atomic mass is 9.68. The van der Waals surface area contributed by atoms with Gasteiger partial charge in [0.2, 0.25) is 11.8 Å². The van der Waals surface area contributed by atoms with E-state index in [0.717, 1.165) is 27.5 Å². The Bertz CT molecular complexity index is 1940. The lowest BCUT2D eigenvalue weighted by Crippen LogP contribution is -2.42. The van der Waals surface area contributed by atoms with Crippen LogP contribution in [0.2, 0.25) is 0 Å². The van der Waals surface area contributed by atoms with Crippen molar-refractivity contribution in [3.63, 3.8) is 0 Å². The third kappa shape index (κ3) is 4.98. The molecule has 0 spiro atoms. The largest absolute Gasteiger partial charge is 0.490 e. The molecule has 4 aliphatic rings. The molecule has 2 N–H and O–H groups in total. The second kappa shape index (κ2) is 11.7. The maximum atomic E-state index is 14.0. The van der Waals surface area contributed by atoms with Crippen molar-refractivity contribution in [2.45, 2.75) is 36.5 Å². The van der Waals surface area contributed by atoms with Crippen LogP contribution in [0.3, 0.4) is 0 Å². The molecule has 47 heavy (non-hydrogen) atoms. The number of nitrogens with one attached hydrogen (secondary N) is 2. The van der Waals surface area contributed by atoms with Crippen LogP contribution in [0, 0.1) is 36.5 Å². The van der Waals surface area contributed by atoms with Crippen molar-refractivity contribution >= 4 is 52.2 Å². The highest BCUT2D eigenvalue weighted by Crippen LogP contribution is 2.68. The molecule has 4 aromatic rings. The molecule has 1 aromatic heterocycles. The number of aryl methyl sites for hydroxylation is 1. The van der Waals surface area contributed by atoms with Gasteiger partial charge in [0.1, 0.15) is 0 Å². The van der Waals surface area contributed by atoms with E-state index in [1.54, 1.807) is 11.8 Å². The van der Waals surface area contributed by atoms with Gasteiger partial charge in [-0.15, -0.1) is 11.8 Å². The number of H-pyrrole nitrogens is 1. The first kappa shape index (κ1) is 30.0. The summed E-state index contributed by atoms with van der Waals surface area (Å²) in [5.41, 5.74) is 3.37. The Balaban J connectivity index is 1.10. The normalized spacial score (nSPS) is 26.9. The summed E-state index contributed by atoms with van der Waals surface area (Å²) in [5.74, 6) is -0.358. The van der Waals surface area contributed by atoms with Gasteiger partial charge in [0.25, 0.3) is 5.91 Å². The predicted octanol–water partition coefficient (Wildman–Crippen LogP) is 5.84. The number of carbonyl (C=O) groups excluding carboxylic acids is 3. The lowest BCUT2D eigenvalue weighted by molar-refractivity contribution is -0.123. The monoisotopic (exact) mass is 667 g/mol. The smallest absolute Gasteiger partial charge is 0.305 e. The van der Waals surface area contributed by atoms with Gasteiger partial charge in [0, 0.05) is 21.7 Å². The molecule has 3 fully saturated rings. The number of carbonyl (C=O) groups is 3. The van der Waals surface area contributed by atoms with Gasteiger partial charge in [0.05, 0.1) is 29.2 Å². The molecule has 11 heteroatoms. The van der Waals surface area contributed by atoms with Crippen LogP contribution in [0.4, 0.5) is 11.4 Å². The van der Waals surface area contributed by atoms with Crippen LogP contribution < -0.4 is 24.6 Å². The number of aromatic amines is 1. The summed E-state index contributed by atoms with van der Waals surface area (Å²) in [6, 6.07) is 22.5. The summed E-state index contributed by atoms with van der Waals surface area (Å²) in [5, 5.41) is 3.78. The Kier molecular flexibility index (Phi) is 7.48. The second-order valence-electron chi connectivity index (χ2n) is 12.6. The molecule has 2 aliphatic heterocycles. The molecular weight excluding hydrogens is 635 g/mol. The van der Waals surface area contributed by atoms with E-state index in [2.05, 4.69) is 10.3 Å². The SMILES string of the molecule is CCOc1cc([C@H]2c3sc(=O)[nH]c3SC3C2[C@H]2C[C@@H]3C3C(=O)N(c4ccccc4)C(=O)C32)ccc1OCC(=O)Nc1ccc(C)cc1. The zero-order chi connectivity index (χ0) is 32.4. The van der Waals surface area contributed by atoms with Crippen molar-refractivity contribution in [1.82, 2.24) is 4.98 Å². The molecule has 7 atom stereocenters. The van der Waals surface area contributed by atoms with Gasteiger partial charge in [-0.05, 0) is 80.0 Å². The van der Waals surface area contributed by atoms with E-state index in [9.17, 15) is 19.2 Å². The third-order valence-corrected chi connectivity index (χ3v) is 12.6. The van der Waals surface area contributed by atoms with Crippen LogP contribution in [0.15, 0.2) is 82.6 Å². The van der Waals surface area contributed by atoms with Crippen LogP contribution in [0.25, 0.3) is 0 Å². The van der Waals surface area contributed by atoms with Crippen LogP contribution >= 0.6 is 23.1 Å². The highest BCUT2D eigenvalue weighted by Gasteiger charge is 2.69. The van der Waals surface area contributed by atoms with Gasteiger partial charge in [-0.2, -0.15) is 0 Å². The quantitative estimate of drug-likeness (QED) is 0.227. The number of imide groups is 1. The van der Waals surface area contributed by atoms with Crippen LogP contribution in [-0.2, 0) is 14.4 Å². The number of fused-ring (bicyclic) bond motifs is 9. The Labute approximate surface area is 279 Å². The number of nitrogens with zero attached hydrogens (tertiary/aromatic N) is 1. The van der Waals surface area contributed by atoms with Gasteiger partial charge in [-0.3, -0.25) is 24.1 Å². The van der Waals surface area contributed by atoms with Gasteiger partial charge in [-0.1, -0.05) is 53.3 Å². The number of amides is 3. The van der Waals surface area contributed by atoms with Gasteiger partial charge >= 0.3 is 4.87 Å². The summed E-state index contributed by atoms with van der Waals surface area (Å²) >= 11 is 2.88. The van der Waals surface area contributed by atoms with Crippen molar-refractivity contribution in [1.29, 1.82) is 0 Å². The lowest BCUT2D eigenvalue weighted by Gasteiger charge is -2.43. The highest BCUT2D eigenvalue weighted by molar-refractivity contribution is 8.00.